The van der Waals surface area contributed by atoms with E-state index in [4.69, 9.17) is 0 Å². The van der Waals surface area contributed by atoms with Gasteiger partial charge in [0.2, 0.25) is 0 Å². The standard InChI is InChI=1S/C29H40OSSi2/c1-17-13-19(3)27(20(4)14-17)33(30,28-21(5)15-18(2)16-22(28)6)29-23(7)26(29)24-11-12-25(31-24)32(8,9)10/h11-16,23,26,29-30H,1-10H3/t23-,26-,29+/m0/s1. The minimum Gasteiger partial charge on any atom is -0.424 e. The molecule has 0 radical (unpaired) electrons. The molecule has 0 spiro atoms. The number of thiophene rings is 1. The van der Waals surface area contributed by atoms with Gasteiger partial charge in [-0.3, -0.25) is 0 Å². The Hall–Kier alpha value is -1.47. The predicted molar refractivity (Wildman–Crippen MR) is 152 cm³/mol. The SMILES string of the molecule is Cc1cc(C)c([Si](O)(c2c(C)cc(C)cc2C)[C@@H]2[C@@H](C)[C@H]2c2ccc([Si](C)(C)C)s2)c(C)c1. The third-order valence-corrected chi connectivity index (χ3v) is 17.4. The van der Waals surface area contributed by atoms with Gasteiger partial charge < -0.3 is 4.80 Å². The first-order valence-corrected chi connectivity index (χ1v) is 18.6. The van der Waals surface area contributed by atoms with Crippen molar-refractivity contribution in [3.63, 3.8) is 0 Å². The molecule has 1 N–H and O–H groups in total. The molecule has 176 valence electrons. The molecule has 1 aromatic heterocycles. The van der Waals surface area contributed by atoms with E-state index in [0.717, 1.165) is 0 Å². The van der Waals surface area contributed by atoms with E-state index in [0.29, 0.717) is 17.4 Å². The van der Waals surface area contributed by atoms with Gasteiger partial charge in [0.05, 0.1) is 8.07 Å². The molecule has 1 nitrogen and oxygen atoms in total. The highest BCUT2D eigenvalue weighted by molar-refractivity contribution is 7.26. The molecule has 1 saturated carbocycles. The van der Waals surface area contributed by atoms with Gasteiger partial charge in [0.25, 0.3) is 8.32 Å². The Labute approximate surface area is 207 Å². The summed E-state index contributed by atoms with van der Waals surface area (Å²) < 4.78 is 1.57. The number of benzene rings is 2. The summed E-state index contributed by atoms with van der Waals surface area (Å²) in [7, 11) is -4.35. The molecular weight excluding hydrogens is 453 g/mol. The summed E-state index contributed by atoms with van der Waals surface area (Å²) >= 11 is 2.02. The first-order valence-electron chi connectivity index (χ1n) is 12.3. The highest BCUT2D eigenvalue weighted by Crippen LogP contribution is 2.63. The molecule has 0 saturated heterocycles. The van der Waals surface area contributed by atoms with Crippen LogP contribution in [0, 0.1) is 47.5 Å². The summed E-state index contributed by atoms with van der Waals surface area (Å²) in [6, 6.07) is 13.8. The lowest BCUT2D eigenvalue weighted by molar-refractivity contribution is 0.557. The fourth-order valence-corrected chi connectivity index (χ4v) is 15.3. The van der Waals surface area contributed by atoms with Crippen molar-refractivity contribution >= 4 is 42.6 Å². The van der Waals surface area contributed by atoms with Crippen molar-refractivity contribution in [2.24, 2.45) is 5.92 Å². The average molecular weight is 493 g/mol. The summed E-state index contributed by atoms with van der Waals surface area (Å²) in [6.07, 6.45) is 0. The molecule has 1 aliphatic carbocycles. The quantitative estimate of drug-likeness (QED) is 0.433. The van der Waals surface area contributed by atoms with Crippen LogP contribution >= 0.6 is 11.3 Å². The van der Waals surface area contributed by atoms with Crippen molar-refractivity contribution in [3.05, 3.63) is 74.7 Å². The smallest absolute Gasteiger partial charge is 0.257 e. The van der Waals surface area contributed by atoms with Gasteiger partial charge in [-0.25, -0.2) is 0 Å². The van der Waals surface area contributed by atoms with E-state index >= 15 is 0 Å². The summed E-state index contributed by atoms with van der Waals surface area (Å²) in [5.74, 6) is 0.951. The lowest BCUT2D eigenvalue weighted by Gasteiger charge is -2.33. The number of rotatable bonds is 5. The van der Waals surface area contributed by atoms with Crippen molar-refractivity contribution in [3.8, 4) is 0 Å². The molecule has 1 aliphatic rings. The first kappa shape index (κ1) is 24.7. The van der Waals surface area contributed by atoms with Crippen LogP contribution in [0.15, 0.2) is 36.4 Å². The zero-order chi connectivity index (χ0) is 24.5. The molecule has 0 aliphatic heterocycles. The molecule has 3 aromatic rings. The third-order valence-electron chi connectivity index (χ3n) is 7.67. The maximum absolute atomic E-state index is 13.1. The van der Waals surface area contributed by atoms with Gasteiger partial charge in [0.1, 0.15) is 0 Å². The Morgan fingerprint density at radius 3 is 1.52 bits per heavy atom. The minimum absolute atomic E-state index is 0.311. The fraction of sp³-hybridized carbons (Fsp3) is 0.448. The zero-order valence-electron chi connectivity index (χ0n) is 22.1. The van der Waals surface area contributed by atoms with Crippen LogP contribution in [0.5, 0.6) is 0 Å². The molecule has 0 unspecified atom stereocenters. The van der Waals surface area contributed by atoms with E-state index in [9.17, 15) is 4.80 Å². The number of hydrogen-bond donors (Lipinski definition) is 1. The van der Waals surface area contributed by atoms with Crippen LogP contribution < -0.4 is 14.9 Å². The van der Waals surface area contributed by atoms with E-state index in [1.54, 1.807) is 4.50 Å². The maximum Gasteiger partial charge on any atom is 0.257 e. The lowest BCUT2D eigenvalue weighted by Crippen LogP contribution is -2.63. The second kappa shape index (κ2) is 8.33. The molecule has 4 rings (SSSR count). The molecule has 2 aromatic carbocycles. The van der Waals surface area contributed by atoms with Gasteiger partial charge in [-0.15, -0.1) is 11.3 Å². The van der Waals surface area contributed by atoms with Crippen LogP contribution in [0.2, 0.25) is 25.2 Å². The molecule has 4 heteroatoms. The Morgan fingerprint density at radius 1 is 0.727 bits per heavy atom. The third kappa shape index (κ3) is 4.14. The van der Waals surface area contributed by atoms with Gasteiger partial charge in [-0.2, -0.15) is 0 Å². The zero-order valence-corrected chi connectivity index (χ0v) is 24.9. The molecule has 1 heterocycles. The van der Waals surface area contributed by atoms with Crippen LogP contribution in [-0.4, -0.2) is 21.2 Å². The highest BCUT2D eigenvalue weighted by atomic mass is 32.1. The van der Waals surface area contributed by atoms with Crippen LogP contribution in [0.3, 0.4) is 0 Å². The van der Waals surface area contributed by atoms with Crippen LogP contribution in [0.25, 0.3) is 0 Å². The Balaban J connectivity index is 1.93. The molecule has 0 bridgehead atoms. The van der Waals surface area contributed by atoms with E-state index in [1.807, 2.05) is 11.3 Å². The summed E-state index contributed by atoms with van der Waals surface area (Å²) in [5, 5.41) is 2.51. The van der Waals surface area contributed by atoms with Gasteiger partial charge in [0, 0.05) is 4.88 Å². The van der Waals surface area contributed by atoms with Crippen LogP contribution in [0.1, 0.15) is 51.1 Å². The van der Waals surface area contributed by atoms with Crippen LogP contribution in [0.4, 0.5) is 0 Å². The minimum atomic E-state index is -3.02. The largest absolute Gasteiger partial charge is 0.424 e. The normalized spacial score (nSPS) is 20.9. The van der Waals surface area contributed by atoms with Gasteiger partial charge in [-0.1, -0.05) is 68.0 Å². The van der Waals surface area contributed by atoms with E-state index in [1.165, 1.54) is 48.6 Å². The Bertz CT molecular complexity index is 1110. The Morgan fingerprint density at radius 2 is 1.15 bits per heavy atom. The predicted octanol–water partition coefficient (Wildman–Crippen LogP) is 6.00. The Kier molecular flexibility index (Phi) is 6.22. The van der Waals surface area contributed by atoms with E-state index in [-0.39, 0.29) is 0 Å². The summed E-state index contributed by atoms with van der Waals surface area (Å²) in [6.45, 7) is 22.8. The lowest BCUT2D eigenvalue weighted by atomic mass is 10.1. The van der Waals surface area contributed by atoms with E-state index < -0.39 is 16.4 Å². The van der Waals surface area contributed by atoms with Crippen molar-refractivity contribution in [2.75, 3.05) is 0 Å². The maximum atomic E-state index is 13.1. The number of hydrogen-bond acceptors (Lipinski definition) is 2. The summed E-state index contributed by atoms with van der Waals surface area (Å²) in [5.41, 5.74) is 7.90. The topological polar surface area (TPSA) is 20.2 Å². The van der Waals surface area contributed by atoms with Gasteiger partial charge in [-0.05, 0) is 102 Å². The van der Waals surface area contributed by atoms with E-state index in [2.05, 4.69) is 105 Å². The second-order valence-electron chi connectivity index (χ2n) is 11.7. The molecule has 33 heavy (non-hydrogen) atoms. The fourth-order valence-electron chi connectivity index (χ4n) is 6.50. The van der Waals surface area contributed by atoms with Crippen molar-refractivity contribution in [1.82, 2.24) is 0 Å². The monoisotopic (exact) mass is 492 g/mol. The molecule has 0 amide bonds. The van der Waals surface area contributed by atoms with Crippen LogP contribution in [-0.2, 0) is 0 Å². The van der Waals surface area contributed by atoms with Gasteiger partial charge in [0.15, 0.2) is 0 Å². The first-order chi connectivity index (χ1) is 15.3. The highest BCUT2D eigenvalue weighted by Gasteiger charge is 2.64. The molecule has 1 fully saturated rings. The molecular formula is C29H40OSSi2. The second-order valence-corrected chi connectivity index (χ2v) is 21.4. The number of aryl methyl sites for hydroxylation is 6. The average Bonchev–Trinajstić information content (AvgIpc) is 3.08. The molecule has 3 atom stereocenters. The van der Waals surface area contributed by atoms with Gasteiger partial charge >= 0.3 is 0 Å². The van der Waals surface area contributed by atoms with Crippen molar-refractivity contribution < 1.29 is 4.80 Å². The van der Waals surface area contributed by atoms with Crippen molar-refractivity contribution in [1.29, 1.82) is 0 Å². The van der Waals surface area contributed by atoms with Crippen molar-refractivity contribution in [2.45, 2.75) is 79.6 Å². The summed E-state index contributed by atoms with van der Waals surface area (Å²) in [4.78, 5) is 14.6.